The van der Waals surface area contributed by atoms with Gasteiger partial charge in [-0.2, -0.15) is 11.8 Å². The second-order valence-corrected chi connectivity index (χ2v) is 8.99. The van der Waals surface area contributed by atoms with Gasteiger partial charge in [0.25, 0.3) is 5.91 Å². The van der Waals surface area contributed by atoms with Gasteiger partial charge in [0, 0.05) is 12.3 Å². The lowest BCUT2D eigenvalue weighted by molar-refractivity contribution is -0.122. The van der Waals surface area contributed by atoms with Gasteiger partial charge in [-0.3, -0.25) is 9.59 Å². The van der Waals surface area contributed by atoms with Crippen molar-refractivity contribution in [1.29, 1.82) is 0 Å². The van der Waals surface area contributed by atoms with Gasteiger partial charge in [-0.1, -0.05) is 19.1 Å². The van der Waals surface area contributed by atoms with Gasteiger partial charge >= 0.3 is 0 Å². The van der Waals surface area contributed by atoms with Gasteiger partial charge in [0.05, 0.1) is 18.4 Å². The predicted octanol–water partition coefficient (Wildman–Crippen LogP) is 1.10. The first kappa shape index (κ1) is 22.3. The normalized spacial score (nSPS) is 12.3. The third kappa shape index (κ3) is 7.25. The molecule has 7 nitrogen and oxygen atoms in total. The summed E-state index contributed by atoms with van der Waals surface area (Å²) in [7, 11) is -1.69. The quantitative estimate of drug-likeness (QED) is 0.575. The van der Waals surface area contributed by atoms with Crippen LogP contribution >= 0.6 is 11.8 Å². The zero-order valence-corrected chi connectivity index (χ0v) is 16.9. The van der Waals surface area contributed by atoms with Gasteiger partial charge in [-0.15, -0.1) is 0 Å². The van der Waals surface area contributed by atoms with E-state index in [-0.39, 0.29) is 18.1 Å². The number of amides is 2. The molecule has 0 fully saturated rings. The van der Waals surface area contributed by atoms with Crippen LogP contribution in [0.5, 0.6) is 5.75 Å². The summed E-state index contributed by atoms with van der Waals surface area (Å²) in [5.74, 6) is 0.202. The largest absolute Gasteiger partial charge is 0.496 e. The minimum atomic E-state index is -3.16. The number of nitrogens with one attached hydrogen (secondary N) is 2. The maximum absolute atomic E-state index is 12.5. The fraction of sp³-hybridized carbons (Fsp3) is 0.529. The molecule has 0 bridgehead atoms. The van der Waals surface area contributed by atoms with Crippen molar-refractivity contribution in [3.05, 3.63) is 29.8 Å². The van der Waals surface area contributed by atoms with Crippen LogP contribution in [0.15, 0.2) is 24.3 Å². The molecule has 0 aliphatic carbocycles. The van der Waals surface area contributed by atoms with Crippen LogP contribution < -0.4 is 15.4 Å². The van der Waals surface area contributed by atoms with Gasteiger partial charge in [-0.05, 0) is 30.6 Å². The number of rotatable bonds is 11. The van der Waals surface area contributed by atoms with Crippen LogP contribution in [0.1, 0.15) is 23.7 Å². The van der Waals surface area contributed by atoms with Crippen molar-refractivity contribution >= 4 is 33.4 Å². The zero-order chi connectivity index (χ0) is 19.6. The summed E-state index contributed by atoms with van der Waals surface area (Å²) in [4.78, 5) is 24.9. The first-order valence-electron chi connectivity index (χ1n) is 8.25. The number of ether oxygens (including phenoxy) is 1. The van der Waals surface area contributed by atoms with E-state index >= 15 is 0 Å². The lowest BCUT2D eigenvalue weighted by Gasteiger charge is -2.19. The number of methoxy groups -OCH3 is 1. The van der Waals surface area contributed by atoms with Crippen molar-refractivity contribution in [2.75, 3.05) is 37.2 Å². The minimum absolute atomic E-state index is 0.0231. The van der Waals surface area contributed by atoms with Gasteiger partial charge in [-0.25, -0.2) is 8.42 Å². The molecule has 0 aliphatic rings. The van der Waals surface area contributed by atoms with E-state index in [2.05, 4.69) is 10.6 Å². The molecule has 0 heterocycles. The molecule has 2 amide bonds. The second-order valence-electron chi connectivity index (χ2n) is 5.54. The number of hydrogen-bond acceptors (Lipinski definition) is 6. The Hall–Kier alpha value is -1.74. The Morgan fingerprint density at radius 3 is 2.58 bits per heavy atom. The lowest BCUT2D eigenvalue weighted by atomic mass is 10.1. The molecule has 0 aromatic heterocycles. The average molecular weight is 403 g/mol. The summed E-state index contributed by atoms with van der Waals surface area (Å²) < 4.78 is 28.2. The van der Waals surface area contributed by atoms with Gasteiger partial charge in [0.15, 0.2) is 9.84 Å². The lowest BCUT2D eigenvalue weighted by Crippen LogP contribution is -2.48. The number of hydrogen-bond donors (Lipinski definition) is 2. The summed E-state index contributed by atoms with van der Waals surface area (Å²) in [5, 5.41) is 5.30. The molecule has 0 saturated carbocycles. The van der Waals surface area contributed by atoms with Crippen LogP contribution in [0.2, 0.25) is 0 Å². The number of carbonyl (C=O) groups excluding carboxylic acids is 2. The van der Waals surface area contributed by atoms with E-state index in [4.69, 9.17) is 4.74 Å². The van der Waals surface area contributed by atoms with E-state index < -0.39 is 27.7 Å². The Kier molecular flexibility index (Phi) is 9.50. The third-order valence-corrected chi connectivity index (χ3v) is 6.09. The van der Waals surface area contributed by atoms with Crippen LogP contribution in [0, 0.1) is 0 Å². The van der Waals surface area contributed by atoms with Gasteiger partial charge in [0.1, 0.15) is 11.8 Å². The zero-order valence-electron chi connectivity index (χ0n) is 15.3. The topological polar surface area (TPSA) is 102 Å². The molecule has 26 heavy (non-hydrogen) atoms. The van der Waals surface area contributed by atoms with Crippen molar-refractivity contribution in [3.8, 4) is 5.75 Å². The van der Waals surface area contributed by atoms with Crippen molar-refractivity contribution in [2.45, 2.75) is 19.4 Å². The maximum atomic E-state index is 12.5. The molecular weight excluding hydrogens is 376 g/mol. The molecule has 9 heteroatoms. The number of sulfone groups is 1. The van der Waals surface area contributed by atoms with Crippen molar-refractivity contribution < 1.29 is 22.7 Å². The molecule has 1 aromatic carbocycles. The van der Waals surface area contributed by atoms with Gasteiger partial charge in [0.2, 0.25) is 5.91 Å². The van der Waals surface area contributed by atoms with Gasteiger partial charge < -0.3 is 15.4 Å². The Labute approximate surface area is 159 Å². The van der Waals surface area contributed by atoms with E-state index in [1.807, 2.05) is 6.26 Å². The Bertz CT molecular complexity index is 707. The molecule has 0 radical (unpaired) electrons. The maximum Gasteiger partial charge on any atom is 0.255 e. The van der Waals surface area contributed by atoms with E-state index in [0.29, 0.717) is 23.5 Å². The average Bonchev–Trinajstić information content (AvgIpc) is 2.64. The summed E-state index contributed by atoms with van der Waals surface area (Å²) in [6.45, 7) is 1.58. The Morgan fingerprint density at radius 1 is 1.27 bits per heavy atom. The molecule has 146 valence electrons. The van der Waals surface area contributed by atoms with Crippen molar-refractivity contribution in [1.82, 2.24) is 10.6 Å². The highest BCUT2D eigenvalue weighted by Crippen LogP contribution is 2.17. The van der Waals surface area contributed by atoms with Crippen LogP contribution in [0.3, 0.4) is 0 Å². The second kappa shape index (κ2) is 11.1. The first-order valence-corrected chi connectivity index (χ1v) is 11.5. The molecule has 1 rings (SSSR count). The van der Waals surface area contributed by atoms with Crippen LogP contribution in [0.4, 0.5) is 0 Å². The molecular formula is C17H26N2O5S2. The Morgan fingerprint density at radius 2 is 1.96 bits per heavy atom. The summed E-state index contributed by atoms with van der Waals surface area (Å²) in [6.07, 6.45) is 2.35. The molecule has 0 aliphatic heterocycles. The highest BCUT2D eigenvalue weighted by atomic mass is 32.2. The molecule has 1 aromatic rings. The fourth-order valence-electron chi connectivity index (χ4n) is 2.17. The van der Waals surface area contributed by atoms with E-state index in [1.54, 1.807) is 43.0 Å². The minimum Gasteiger partial charge on any atom is -0.496 e. The van der Waals surface area contributed by atoms with E-state index in [1.165, 1.54) is 7.11 Å². The SMILES string of the molecule is CCS(=O)(=O)CCNC(=O)C(CCSC)NC(=O)c1ccccc1OC. The fourth-order valence-corrected chi connectivity index (χ4v) is 3.34. The molecule has 0 saturated heterocycles. The highest BCUT2D eigenvalue weighted by molar-refractivity contribution is 7.98. The van der Waals surface area contributed by atoms with Crippen molar-refractivity contribution in [2.24, 2.45) is 0 Å². The number of carbonyl (C=O) groups is 2. The van der Waals surface area contributed by atoms with Crippen LogP contribution in [-0.2, 0) is 14.6 Å². The first-order chi connectivity index (χ1) is 12.3. The smallest absolute Gasteiger partial charge is 0.255 e. The summed E-state index contributed by atoms with van der Waals surface area (Å²) in [6, 6.07) is 6.00. The number of thioether (sulfide) groups is 1. The van der Waals surface area contributed by atoms with E-state index in [0.717, 1.165) is 0 Å². The Balaban J connectivity index is 2.76. The molecule has 1 atom stereocenters. The van der Waals surface area contributed by atoms with Crippen molar-refractivity contribution in [3.63, 3.8) is 0 Å². The molecule has 1 unspecified atom stereocenters. The highest BCUT2D eigenvalue weighted by Gasteiger charge is 2.22. The predicted molar refractivity (Wildman–Crippen MR) is 105 cm³/mol. The van der Waals surface area contributed by atoms with Crippen LogP contribution in [0.25, 0.3) is 0 Å². The third-order valence-electron chi connectivity index (χ3n) is 3.74. The summed E-state index contributed by atoms with van der Waals surface area (Å²) in [5.41, 5.74) is 0.338. The molecule has 2 N–H and O–H groups in total. The monoisotopic (exact) mass is 402 g/mol. The molecule has 0 spiro atoms. The number of benzene rings is 1. The standard InChI is InChI=1S/C17H26N2O5S2/c1-4-26(22,23)12-10-18-17(21)14(9-11-25-3)19-16(20)13-7-5-6-8-15(13)24-2/h5-8,14H,4,9-12H2,1-3H3,(H,18,21)(H,19,20). The summed E-state index contributed by atoms with van der Waals surface area (Å²) >= 11 is 1.56. The van der Waals surface area contributed by atoms with Crippen LogP contribution in [-0.4, -0.2) is 63.4 Å². The number of para-hydroxylation sites is 1. The van der Waals surface area contributed by atoms with E-state index in [9.17, 15) is 18.0 Å².